The second-order valence-electron chi connectivity index (χ2n) is 5.45. The lowest BCUT2D eigenvalue weighted by Gasteiger charge is -2.19. The lowest BCUT2D eigenvalue weighted by Crippen LogP contribution is -2.32. The van der Waals surface area contributed by atoms with E-state index in [1.807, 2.05) is 48.5 Å². The minimum atomic E-state index is -0.182. The number of hydrogen-bond donors (Lipinski definition) is 1. The van der Waals surface area contributed by atoms with E-state index in [9.17, 15) is 4.79 Å². The third-order valence-electron chi connectivity index (χ3n) is 3.83. The van der Waals surface area contributed by atoms with Gasteiger partial charge in [0.05, 0.1) is 13.0 Å². The molecule has 0 saturated heterocycles. The van der Waals surface area contributed by atoms with Crippen LogP contribution >= 0.6 is 0 Å². The van der Waals surface area contributed by atoms with Crippen molar-refractivity contribution in [3.05, 3.63) is 71.8 Å². The molecule has 0 unspecified atom stereocenters. The molecule has 0 saturated carbocycles. The highest BCUT2D eigenvalue weighted by atomic mass is 16.5. The normalized spacial score (nSPS) is 13.4. The summed E-state index contributed by atoms with van der Waals surface area (Å²) in [6.07, 6.45) is 0.683. The van der Waals surface area contributed by atoms with Crippen molar-refractivity contribution in [3.8, 4) is 0 Å². The Bertz CT molecular complexity index is 569. The first-order valence-electron chi connectivity index (χ1n) is 7.60. The van der Waals surface area contributed by atoms with Crippen molar-refractivity contribution in [1.29, 1.82) is 0 Å². The van der Waals surface area contributed by atoms with Crippen LogP contribution in [0.25, 0.3) is 0 Å². The molecule has 3 nitrogen and oxygen atoms in total. The van der Waals surface area contributed by atoms with Crippen molar-refractivity contribution in [1.82, 2.24) is 5.32 Å². The Kier molecular flexibility index (Phi) is 6.16. The molecule has 116 valence electrons. The summed E-state index contributed by atoms with van der Waals surface area (Å²) in [6, 6.07) is 20.5. The van der Waals surface area contributed by atoms with Crippen molar-refractivity contribution in [2.75, 3.05) is 13.7 Å². The summed E-state index contributed by atoms with van der Waals surface area (Å²) in [5.74, 6) is -0.352. The Labute approximate surface area is 132 Å². The zero-order valence-electron chi connectivity index (χ0n) is 13.2. The molecule has 0 radical (unpaired) electrons. The van der Waals surface area contributed by atoms with E-state index >= 15 is 0 Å². The van der Waals surface area contributed by atoms with Gasteiger partial charge in [-0.2, -0.15) is 0 Å². The van der Waals surface area contributed by atoms with Crippen molar-refractivity contribution in [2.45, 2.75) is 19.4 Å². The largest absolute Gasteiger partial charge is 0.469 e. The summed E-state index contributed by atoms with van der Waals surface area (Å²) in [7, 11) is 1.45. The molecular weight excluding hydrogens is 274 g/mol. The Hall–Kier alpha value is -2.13. The Morgan fingerprint density at radius 3 is 2.23 bits per heavy atom. The van der Waals surface area contributed by atoms with Crippen LogP contribution in [-0.4, -0.2) is 19.6 Å². The van der Waals surface area contributed by atoms with Gasteiger partial charge in [0.25, 0.3) is 0 Å². The van der Waals surface area contributed by atoms with Crippen LogP contribution in [0.15, 0.2) is 60.7 Å². The summed E-state index contributed by atoms with van der Waals surface area (Å²) >= 11 is 0. The molecule has 0 spiro atoms. The van der Waals surface area contributed by atoms with Gasteiger partial charge in [-0.05, 0) is 24.5 Å². The van der Waals surface area contributed by atoms with Gasteiger partial charge in [0.15, 0.2) is 0 Å². The fraction of sp³-hybridized carbons (Fsp3) is 0.316. The third kappa shape index (κ3) is 4.71. The van der Waals surface area contributed by atoms with Crippen molar-refractivity contribution in [3.63, 3.8) is 0 Å². The molecule has 0 aliphatic rings. The van der Waals surface area contributed by atoms with Crippen LogP contribution in [0.1, 0.15) is 24.1 Å². The molecule has 0 bridgehead atoms. The zero-order chi connectivity index (χ0) is 15.8. The van der Waals surface area contributed by atoms with E-state index in [2.05, 4.69) is 24.4 Å². The van der Waals surface area contributed by atoms with Gasteiger partial charge in [-0.1, -0.05) is 60.7 Å². The average molecular weight is 297 g/mol. The predicted molar refractivity (Wildman–Crippen MR) is 88.5 cm³/mol. The van der Waals surface area contributed by atoms with E-state index in [1.54, 1.807) is 0 Å². The summed E-state index contributed by atoms with van der Waals surface area (Å²) in [5.41, 5.74) is 2.36. The van der Waals surface area contributed by atoms with Crippen LogP contribution in [0.3, 0.4) is 0 Å². The second-order valence-corrected chi connectivity index (χ2v) is 5.45. The first-order valence-corrected chi connectivity index (χ1v) is 7.60. The van der Waals surface area contributed by atoms with Gasteiger partial charge in [-0.25, -0.2) is 0 Å². The summed E-state index contributed by atoms with van der Waals surface area (Å²) in [4.78, 5) is 12.0. The maximum Gasteiger partial charge on any atom is 0.310 e. The van der Waals surface area contributed by atoms with Gasteiger partial charge >= 0.3 is 5.97 Å². The van der Waals surface area contributed by atoms with Gasteiger partial charge in [0.2, 0.25) is 0 Å². The van der Waals surface area contributed by atoms with Gasteiger partial charge in [-0.15, -0.1) is 0 Å². The number of ether oxygens (including phenoxy) is 1. The molecule has 22 heavy (non-hydrogen) atoms. The molecule has 0 amide bonds. The molecule has 2 aromatic rings. The zero-order valence-corrected chi connectivity index (χ0v) is 13.2. The smallest absolute Gasteiger partial charge is 0.310 e. The van der Waals surface area contributed by atoms with Crippen molar-refractivity contribution < 1.29 is 9.53 Å². The van der Waals surface area contributed by atoms with E-state index in [0.717, 1.165) is 5.56 Å². The van der Waals surface area contributed by atoms with E-state index in [0.29, 0.717) is 13.0 Å². The maximum absolute atomic E-state index is 12.0. The molecule has 0 aromatic heterocycles. The molecule has 0 aliphatic heterocycles. The molecule has 0 fully saturated rings. The monoisotopic (exact) mass is 297 g/mol. The quantitative estimate of drug-likeness (QED) is 0.796. The Morgan fingerprint density at radius 1 is 1.05 bits per heavy atom. The van der Waals surface area contributed by atoms with Crippen LogP contribution in [0.4, 0.5) is 0 Å². The van der Waals surface area contributed by atoms with Crippen LogP contribution < -0.4 is 5.32 Å². The van der Waals surface area contributed by atoms with E-state index < -0.39 is 0 Å². The Morgan fingerprint density at radius 2 is 1.64 bits per heavy atom. The minimum Gasteiger partial charge on any atom is -0.469 e. The molecule has 0 aliphatic carbocycles. The van der Waals surface area contributed by atoms with Crippen LogP contribution in [-0.2, 0) is 16.0 Å². The number of rotatable bonds is 7. The number of esters is 1. The number of nitrogens with one attached hydrogen (secondary N) is 1. The minimum absolute atomic E-state index is 0.170. The number of benzene rings is 2. The van der Waals surface area contributed by atoms with Crippen molar-refractivity contribution in [2.24, 2.45) is 5.92 Å². The number of carbonyl (C=O) groups excluding carboxylic acids is 1. The van der Waals surface area contributed by atoms with E-state index in [-0.39, 0.29) is 17.9 Å². The second kappa shape index (κ2) is 8.35. The standard InChI is InChI=1S/C19H23NO2/c1-15(17-11-7-4-8-12-17)20-14-18(19(21)22-2)13-16-9-5-3-6-10-16/h3-12,15,18,20H,13-14H2,1-2H3/t15-,18-/m1/s1. The molecule has 0 heterocycles. The van der Waals surface area contributed by atoms with E-state index in [4.69, 9.17) is 4.74 Å². The van der Waals surface area contributed by atoms with Crippen LogP contribution in [0, 0.1) is 5.92 Å². The lowest BCUT2D eigenvalue weighted by molar-refractivity contribution is -0.145. The first-order chi connectivity index (χ1) is 10.7. The fourth-order valence-corrected chi connectivity index (χ4v) is 2.48. The first kappa shape index (κ1) is 16.2. The molecule has 2 atom stereocenters. The molecular formula is C19H23NO2. The molecule has 2 aromatic carbocycles. The highest BCUT2D eigenvalue weighted by Gasteiger charge is 2.20. The molecule has 2 rings (SSSR count). The van der Waals surface area contributed by atoms with Crippen molar-refractivity contribution >= 4 is 5.97 Å². The summed E-state index contributed by atoms with van der Waals surface area (Å²) in [5, 5.41) is 3.43. The van der Waals surface area contributed by atoms with Gasteiger partial charge in [0, 0.05) is 12.6 Å². The van der Waals surface area contributed by atoms with Gasteiger partial charge in [-0.3, -0.25) is 4.79 Å². The number of hydrogen-bond acceptors (Lipinski definition) is 3. The Balaban J connectivity index is 1.97. The predicted octanol–water partition coefficient (Wildman–Crippen LogP) is 3.37. The highest BCUT2D eigenvalue weighted by Crippen LogP contribution is 2.14. The van der Waals surface area contributed by atoms with Crippen LogP contribution in [0.2, 0.25) is 0 Å². The average Bonchev–Trinajstić information content (AvgIpc) is 2.59. The highest BCUT2D eigenvalue weighted by molar-refractivity contribution is 5.73. The summed E-state index contributed by atoms with van der Waals surface area (Å²) in [6.45, 7) is 2.70. The fourth-order valence-electron chi connectivity index (χ4n) is 2.48. The van der Waals surface area contributed by atoms with Gasteiger partial charge < -0.3 is 10.1 Å². The summed E-state index contributed by atoms with van der Waals surface area (Å²) < 4.78 is 4.94. The molecule has 1 N–H and O–H groups in total. The van der Waals surface area contributed by atoms with E-state index in [1.165, 1.54) is 12.7 Å². The SMILES string of the molecule is COC(=O)[C@@H](CN[C@H](C)c1ccccc1)Cc1ccccc1. The number of methoxy groups -OCH3 is 1. The molecule has 3 heteroatoms. The van der Waals surface area contributed by atoms with Gasteiger partial charge in [0.1, 0.15) is 0 Å². The topological polar surface area (TPSA) is 38.3 Å². The maximum atomic E-state index is 12.0. The van der Waals surface area contributed by atoms with Crippen LogP contribution in [0.5, 0.6) is 0 Å². The third-order valence-corrected chi connectivity index (χ3v) is 3.83. The lowest BCUT2D eigenvalue weighted by atomic mass is 9.98. The number of carbonyl (C=O) groups is 1.